The molecule has 0 unspecified atom stereocenters. The topological polar surface area (TPSA) is 45.5 Å². The normalized spacial score (nSPS) is 14.5. The Labute approximate surface area is 114 Å². The number of carbonyl (C=O) groups excluding carboxylic acids is 1. The summed E-state index contributed by atoms with van der Waals surface area (Å²) in [6, 6.07) is 4.02. The lowest BCUT2D eigenvalue weighted by atomic mass is 10.0. The van der Waals surface area contributed by atoms with Gasteiger partial charge >= 0.3 is 0 Å². The Hall–Kier alpha value is -1.55. The molecule has 1 aromatic rings. The van der Waals surface area contributed by atoms with Crippen LogP contribution in [-0.2, 0) is 11.3 Å². The van der Waals surface area contributed by atoms with Crippen LogP contribution >= 0.6 is 0 Å². The van der Waals surface area contributed by atoms with Crippen molar-refractivity contribution >= 4 is 5.91 Å². The molecule has 1 saturated heterocycles. The number of amides is 1. The highest BCUT2D eigenvalue weighted by atomic mass is 16.3. The molecule has 1 amide bonds. The van der Waals surface area contributed by atoms with Crippen molar-refractivity contribution in [2.24, 2.45) is 0 Å². The highest BCUT2D eigenvalue weighted by Gasteiger charge is 2.23. The van der Waals surface area contributed by atoms with E-state index in [4.69, 9.17) is 4.42 Å². The van der Waals surface area contributed by atoms with Crippen LogP contribution in [0.3, 0.4) is 0 Å². The Kier molecular flexibility index (Phi) is 4.10. The Morgan fingerprint density at radius 2 is 2.11 bits per heavy atom. The van der Waals surface area contributed by atoms with E-state index in [1.54, 1.807) is 0 Å². The molecule has 2 heterocycles. The molecule has 1 fully saturated rings. The summed E-state index contributed by atoms with van der Waals surface area (Å²) in [5, 5.41) is 3.17. The molecule has 2 rings (SSSR count). The minimum absolute atomic E-state index is 0.112. The number of nitrogens with zero attached hydrogens (tertiary/aromatic N) is 1. The van der Waals surface area contributed by atoms with Gasteiger partial charge in [0.15, 0.2) is 0 Å². The number of hydrogen-bond donors (Lipinski definition) is 1. The highest BCUT2D eigenvalue weighted by Crippen LogP contribution is 2.17. The van der Waals surface area contributed by atoms with Gasteiger partial charge in [0.1, 0.15) is 11.5 Å². The first kappa shape index (κ1) is 13.9. The SMILES string of the molecule is CC(C(=O)N(Cc1ccc(C)o1)C(C)C)=C1CNC1. The number of carbonyl (C=O) groups is 1. The minimum Gasteiger partial charge on any atom is -0.464 e. The van der Waals surface area contributed by atoms with Gasteiger partial charge in [-0.3, -0.25) is 4.79 Å². The van der Waals surface area contributed by atoms with Crippen molar-refractivity contribution in [3.05, 3.63) is 34.8 Å². The van der Waals surface area contributed by atoms with Crippen LogP contribution in [0, 0.1) is 6.92 Å². The van der Waals surface area contributed by atoms with Crippen LogP contribution in [0.4, 0.5) is 0 Å². The first-order chi connectivity index (χ1) is 8.99. The van der Waals surface area contributed by atoms with Gasteiger partial charge in [-0.25, -0.2) is 0 Å². The van der Waals surface area contributed by atoms with Crippen LogP contribution < -0.4 is 5.32 Å². The lowest BCUT2D eigenvalue weighted by molar-refractivity contribution is -0.129. The van der Waals surface area contributed by atoms with E-state index in [2.05, 4.69) is 5.32 Å². The van der Waals surface area contributed by atoms with E-state index in [0.717, 1.165) is 30.2 Å². The summed E-state index contributed by atoms with van der Waals surface area (Å²) in [5.41, 5.74) is 2.09. The molecule has 0 spiro atoms. The fourth-order valence-corrected chi connectivity index (χ4v) is 2.11. The van der Waals surface area contributed by atoms with Crippen molar-refractivity contribution in [1.82, 2.24) is 10.2 Å². The number of furan rings is 1. The zero-order chi connectivity index (χ0) is 14.0. The molecule has 0 radical (unpaired) electrons. The Bertz CT molecular complexity index is 494. The van der Waals surface area contributed by atoms with E-state index >= 15 is 0 Å². The average Bonchev–Trinajstić information content (AvgIpc) is 2.68. The second-order valence-corrected chi connectivity index (χ2v) is 5.37. The summed E-state index contributed by atoms with van der Waals surface area (Å²) in [6.45, 7) is 10.1. The molecular weight excluding hydrogens is 240 g/mol. The fraction of sp³-hybridized carbons (Fsp3) is 0.533. The van der Waals surface area contributed by atoms with Crippen LogP contribution in [0.5, 0.6) is 0 Å². The predicted molar refractivity (Wildman–Crippen MR) is 74.7 cm³/mol. The number of aryl methyl sites for hydroxylation is 1. The number of hydrogen-bond acceptors (Lipinski definition) is 3. The third kappa shape index (κ3) is 3.07. The third-order valence-electron chi connectivity index (χ3n) is 3.53. The van der Waals surface area contributed by atoms with Crippen LogP contribution in [0.1, 0.15) is 32.3 Å². The van der Waals surface area contributed by atoms with Crippen molar-refractivity contribution in [3.8, 4) is 0 Å². The lowest BCUT2D eigenvalue weighted by Crippen LogP contribution is -2.41. The van der Waals surface area contributed by atoms with Crippen molar-refractivity contribution in [2.45, 2.75) is 40.3 Å². The van der Waals surface area contributed by atoms with Gasteiger partial charge in [-0.1, -0.05) is 0 Å². The van der Waals surface area contributed by atoms with Gasteiger partial charge in [-0.15, -0.1) is 0 Å². The zero-order valence-electron chi connectivity index (χ0n) is 12.1. The van der Waals surface area contributed by atoms with Crippen molar-refractivity contribution < 1.29 is 9.21 Å². The first-order valence-electron chi connectivity index (χ1n) is 6.74. The Morgan fingerprint density at radius 1 is 1.42 bits per heavy atom. The second kappa shape index (κ2) is 5.61. The average molecular weight is 262 g/mol. The molecule has 1 aliphatic heterocycles. The maximum absolute atomic E-state index is 12.5. The highest BCUT2D eigenvalue weighted by molar-refractivity contribution is 5.94. The second-order valence-electron chi connectivity index (χ2n) is 5.37. The fourth-order valence-electron chi connectivity index (χ4n) is 2.11. The largest absolute Gasteiger partial charge is 0.464 e. The van der Waals surface area contributed by atoms with Gasteiger partial charge in [-0.05, 0) is 45.4 Å². The first-order valence-corrected chi connectivity index (χ1v) is 6.74. The van der Waals surface area contributed by atoms with E-state index in [1.165, 1.54) is 5.57 Å². The van der Waals surface area contributed by atoms with E-state index < -0.39 is 0 Å². The maximum atomic E-state index is 12.5. The number of rotatable bonds is 4. The Balaban J connectivity index is 2.13. The molecule has 1 N–H and O–H groups in total. The molecule has 1 aliphatic rings. The third-order valence-corrected chi connectivity index (χ3v) is 3.53. The van der Waals surface area contributed by atoms with Crippen molar-refractivity contribution in [2.75, 3.05) is 13.1 Å². The smallest absolute Gasteiger partial charge is 0.250 e. The molecule has 19 heavy (non-hydrogen) atoms. The van der Waals surface area contributed by atoms with Gasteiger partial charge in [0, 0.05) is 24.7 Å². The molecule has 4 nitrogen and oxygen atoms in total. The molecule has 4 heteroatoms. The maximum Gasteiger partial charge on any atom is 0.250 e. The summed E-state index contributed by atoms with van der Waals surface area (Å²) in [6.07, 6.45) is 0. The van der Waals surface area contributed by atoms with E-state index in [-0.39, 0.29) is 11.9 Å². The van der Waals surface area contributed by atoms with Crippen molar-refractivity contribution in [3.63, 3.8) is 0 Å². The summed E-state index contributed by atoms with van der Waals surface area (Å²) in [4.78, 5) is 14.4. The molecular formula is C15H22N2O2. The Morgan fingerprint density at radius 3 is 2.53 bits per heavy atom. The van der Waals surface area contributed by atoms with Gasteiger partial charge in [-0.2, -0.15) is 0 Å². The van der Waals surface area contributed by atoms with E-state index in [1.807, 2.05) is 44.7 Å². The van der Waals surface area contributed by atoms with Crippen LogP contribution in [0.25, 0.3) is 0 Å². The molecule has 0 aliphatic carbocycles. The van der Waals surface area contributed by atoms with Gasteiger partial charge in [0.05, 0.1) is 6.54 Å². The van der Waals surface area contributed by atoms with E-state index in [9.17, 15) is 4.79 Å². The summed E-state index contributed by atoms with van der Waals surface area (Å²) in [7, 11) is 0. The monoisotopic (exact) mass is 262 g/mol. The standard InChI is InChI=1S/C15H22N2O2/c1-10(2)17(9-14-6-5-11(3)19-14)15(18)12(4)13-7-16-8-13/h5-6,10,16H,7-9H2,1-4H3. The summed E-state index contributed by atoms with van der Waals surface area (Å²) >= 11 is 0. The lowest BCUT2D eigenvalue weighted by Gasteiger charge is -2.29. The minimum atomic E-state index is 0.112. The molecule has 0 bridgehead atoms. The quantitative estimate of drug-likeness (QED) is 0.846. The molecule has 0 saturated carbocycles. The van der Waals surface area contributed by atoms with Gasteiger partial charge in [0.2, 0.25) is 5.91 Å². The molecule has 0 atom stereocenters. The summed E-state index contributed by atoms with van der Waals surface area (Å²) in [5.74, 6) is 1.83. The van der Waals surface area contributed by atoms with Gasteiger partial charge < -0.3 is 14.6 Å². The van der Waals surface area contributed by atoms with Gasteiger partial charge in [0.25, 0.3) is 0 Å². The van der Waals surface area contributed by atoms with Crippen LogP contribution in [-0.4, -0.2) is 29.9 Å². The molecule has 0 aromatic carbocycles. The number of nitrogens with one attached hydrogen (secondary N) is 1. The van der Waals surface area contributed by atoms with E-state index in [0.29, 0.717) is 6.54 Å². The van der Waals surface area contributed by atoms with Crippen LogP contribution in [0.2, 0.25) is 0 Å². The zero-order valence-corrected chi connectivity index (χ0v) is 12.1. The predicted octanol–water partition coefficient (Wildman–Crippen LogP) is 2.24. The van der Waals surface area contributed by atoms with Crippen molar-refractivity contribution in [1.29, 1.82) is 0 Å². The van der Waals surface area contributed by atoms with Crippen LogP contribution in [0.15, 0.2) is 27.7 Å². The summed E-state index contributed by atoms with van der Waals surface area (Å²) < 4.78 is 5.57. The molecule has 104 valence electrons. The molecule has 1 aromatic heterocycles.